The Bertz CT molecular complexity index is 1300. The van der Waals surface area contributed by atoms with Crippen LogP contribution >= 0.6 is 0 Å². The molecule has 188 valence electrons. The van der Waals surface area contributed by atoms with Crippen molar-refractivity contribution >= 4 is 17.6 Å². The predicted molar refractivity (Wildman–Crippen MR) is 121 cm³/mol. The number of amides is 2. The number of cyclic esters (lactones) is 1. The van der Waals surface area contributed by atoms with E-state index in [-0.39, 0.29) is 24.7 Å². The maximum Gasteiger partial charge on any atom is 0.573 e. The zero-order valence-electron chi connectivity index (χ0n) is 19.2. The van der Waals surface area contributed by atoms with Crippen LogP contribution in [0.1, 0.15) is 30.4 Å². The minimum absolute atomic E-state index is 0.106. The van der Waals surface area contributed by atoms with Gasteiger partial charge in [-0.25, -0.2) is 9.78 Å². The average Bonchev–Trinajstić information content (AvgIpc) is 3.36. The number of alkyl halides is 3. The summed E-state index contributed by atoms with van der Waals surface area (Å²) < 4.78 is 57.3. The molecule has 1 aromatic heterocycles. The lowest BCUT2D eigenvalue weighted by molar-refractivity contribution is -0.274. The molecule has 8 nitrogen and oxygen atoms in total. The molecular weight excluding hydrogens is 481 g/mol. The van der Waals surface area contributed by atoms with Crippen molar-refractivity contribution in [3.63, 3.8) is 0 Å². The molecule has 0 saturated carbocycles. The summed E-state index contributed by atoms with van der Waals surface area (Å²) >= 11 is 0. The third-order valence-electron chi connectivity index (χ3n) is 5.30. The van der Waals surface area contributed by atoms with E-state index in [1.165, 1.54) is 24.3 Å². The van der Waals surface area contributed by atoms with Crippen molar-refractivity contribution in [2.75, 3.05) is 0 Å². The number of allylic oxidation sites excluding steroid dienone is 1. The Morgan fingerprint density at radius 2 is 1.89 bits per heavy atom. The van der Waals surface area contributed by atoms with Crippen molar-refractivity contribution in [1.29, 1.82) is 0 Å². The van der Waals surface area contributed by atoms with E-state index in [4.69, 9.17) is 13.9 Å². The van der Waals surface area contributed by atoms with Gasteiger partial charge < -0.3 is 18.6 Å². The Morgan fingerprint density at radius 3 is 2.56 bits per heavy atom. The van der Waals surface area contributed by atoms with Crippen molar-refractivity contribution in [3.8, 4) is 23.0 Å². The lowest BCUT2D eigenvalue weighted by Gasteiger charge is -2.09. The second-order valence-corrected chi connectivity index (χ2v) is 7.92. The van der Waals surface area contributed by atoms with Crippen LogP contribution in [0.5, 0.6) is 11.5 Å². The van der Waals surface area contributed by atoms with E-state index in [2.05, 4.69) is 15.0 Å². The topological polar surface area (TPSA) is 99.9 Å². The summed E-state index contributed by atoms with van der Waals surface area (Å²) in [5, 5.41) is 2.09. The summed E-state index contributed by atoms with van der Waals surface area (Å²) in [6, 6.07) is 12.5. The van der Waals surface area contributed by atoms with Crippen molar-refractivity contribution in [2.24, 2.45) is 0 Å². The van der Waals surface area contributed by atoms with Gasteiger partial charge in [-0.05, 0) is 61.4 Å². The fraction of sp³-hybridized carbons (Fsp3) is 0.240. The van der Waals surface area contributed by atoms with Gasteiger partial charge in [-0.15, -0.1) is 13.2 Å². The number of alkyl carbamates (subject to hydrolysis) is 1. The molecule has 2 heterocycles. The minimum Gasteiger partial charge on any atom is -0.487 e. The summed E-state index contributed by atoms with van der Waals surface area (Å²) in [6.07, 6.45) is -4.30. The highest BCUT2D eigenvalue weighted by Crippen LogP contribution is 2.28. The number of nitrogens with one attached hydrogen (secondary N) is 1. The summed E-state index contributed by atoms with van der Waals surface area (Å²) in [5.41, 5.74) is 2.75. The largest absolute Gasteiger partial charge is 0.573 e. The van der Waals surface area contributed by atoms with Crippen LogP contribution in [-0.2, 0) is 16.1 Å². The quantitative estimate of drug-likeness (QED) is 0.431. The molecule has 1 N–H and O–H groups in total. The average molecular weight is 502 g/mol. The van der Waals surface area contributed by atoms with E-state index in [1.807, 2.05) is 25.1 Å². The molecule has 0 aliphatic carbocycles. The van der Waals surface area contributed by atoms with Gasteiger partial charge in [0.25, 0.3) is 5.91 Å². The number of nitrogens with zero attached hydrogens (tertiary/aromatic N) is 1. The van der Waals surface area contributed by atoms with Gasteiger partial charge >= 0.3 is 12.5 Å². The molecule has 1 fully saturated rings. The molecule has 1 saturated heterocycles. The number of carbonyl (C=O) groups is 2. The number of benzene rings is 2. The summed E-state index contributed by atoms with van der Waals surface area (Å²) in [4.78, 5) is 27.2. The molecule has 1 atom stereocenters. The fourth-order valence-corrected chi connectivity index (χ4v) is 3.42. The molecule has 2 amide bonds. The maximum absolute atomic E-state index is 12.3. The fourth-order valence-electron chi connectivity index (χ4n) is 3.42. The third kappa shape index (κ3) is 6.23. The van der Waals surface area contributed by atoms with Gasteiger partial charge in [0, 0.05) is 12.0 Å². The SMILES string of the molecule is C/C(=C/CC1OC(=O)NC1=O)c1cccc(OCc2nc(-c3ccc(OC(F)(F)F)cc3)oc2C)c1. The highest BCUT2D eigenvalue weighted by atomic mass is 19.4. The first-order valence-electron chi connectivity index (χ1n) is 10.8. The number of aromatic nitrogens is 1. The van der Waals surface area contributed by atoms with E-state index in [0.29, 0.717) is 22.8 Å². The number of ether oxygens (including phenoxy) is 3. The number of hydrogen-bond donors (Lipinski definition) is 1. The smallest absolute Gasteiger partial charge is 0.487 e. The van der Waals surface area contributed by atoms with Crippen LogP contribution in [0, 0.1) is 6.92 Å². The third-order valence-corrected chi connectivity index (χ3v) is 5.30. The Morgan fingerprint density at radius 1 is 1.14 bits per heavy atom. The Kier molecular flexibility index (Phi) is 7.00. The summed E-state index contributed by atoms with van der Waals surface area (Å²) in [5.74, 6) is 0.526. The number of hydrogen-bond acceptors (Lipinski definition) is 7. The molecule has 3 aromatic rings. The highest BCUT2D eigenvalue weighted by molar-refractivity contribution is 6.00. The van der Waals surface area contributed by atoms with Crippen molar-refractivity contribution in [2.45, 2.75) is 39.3 Å². The zero-order valence-corrected chi connectivity index (χ0v) is 19.2. The predicted octanol–water partition coefficient (Wildman–Crippen LogP) is 5.56. The van der Waals surface area contributed by atoms with E-state index in [9.17, 15) is 22.8 Å². The Balaban J connectivity index is 1.39. The van der Waals surface area contributed by atoms with Crippen molar-refractivity contribution < 1.29 is 41.4 Å². The van der Waals surface area contributed by atoms with Gasteiger partial charge in [0.1, 0.15) is 29.6 Å². The van der Waals surface area contributed by atoms with Crippen LogP contribution in [0.2, 0.25) is 0 Å². The number of imide groups is 1. The molecular formula is C25H21F3N2O6. The monoisotopic (exact) mass is 502 g/mol. The zero-order chi connectivity index (χ0) is 25.9. The molecule has 2 aromatic carbocycles. The first-order valence-corrected chi connectivity index (χ1v) is 10.8. The number of carbonyl (C=O) groups excluding carboxylic acids is 2. The molecule has 0 bridgehead atoms. The second-order valence-electron chi connectivity index (χ2n) is 7.92. The molecule has 11 heteroatoms. The Hall–Kier alpha value is -4.28. The summed E-state index contributed by atoms with van der Waals surface area (Å²) in [6.45, 7) is 3.69. The van der Waals surface area contributed by atoms with Gasteiger partial charge in [0.05, 0.1) is 0 Å². The molecule has 36 heavy (non-hydrogen) atoms. The lowest BCUT2D eigenvalue weighted by atomic mass is 10.0. The highest BCUT2D eigenvalue weighted by Gasteiger charge is 2.31. The van der Waals surface area contributed by atoms with Gasteiger partial charge in [-0.3, -0.25) is 10.1 Å². The van der Waals surface area contributed by atoms with Crippen molar-refractivity contribution in [3.05, 3.63) is 71.6 Å². The summed E-state index contributed by atoms with van der Waals surface area (Å²) in [7, 11) is 0. The van der Waals surface area contributed by atoms with Crippen LogP contribution in [0.3, 0.4) is 0 Å². The standard InChI is InChI=1S/C25H21F3N2O6/c1-14(6-11-21-22(31)30-24(32)35-21)17-4-3-5-19(12-17)33-13-20-15(2)34-23(29-20)16-7-9-18(10-8-16)36-25(26,27)28/h3-10,12,21H,11,13H2,1-2H3,(H,30,31,32)/b14-6-. The van der Waals surface area contributed by atoms with Crippen molar-refractivity contribution in [1.82, 2.24) is 10.3 Å². The minimum atomic E-state index is -4.77. The van der Waals surface area contributed by atoms with Gasteiger partial charge in [-0.2, -0.15) is 0 Å². The number of aryl methyl sites for hydroxylation is 1. The molecule has 1 unspecified atom stereocenters. The lowest BCUT2D eigenvalue weighted by Crippen LogP contribution is -2.23. The van der Waals surface area contributed by atoms with Crippen LogP contribution in [-0.4, -0.2) is 29.5 Å². The van der Waals surface area contributed by atoms with Gasteiger partial charge in [0.2, 0.25) is 5.89 Å². The van der Waals surface area contributed by atoms with E-state index < -0.39 is 24.5 Å². The van der Waals surface area contributed by atoms with Crippen LogP contribution in [0.25, 0.3) is 17.0 Å². The maximum atomic E-state index is 12.3. The number of rotatable bonds is 8. The van der Waals surface area contributed by atoms with Gasteiger partial charge in [0.15, 0.2) is 6.10 Å². The molecule has 1 aliphatic rings. The number of oxazole rings is 1. The van der Waals surface area contributed by atoms with E-state index in [0.717, 1.165) is 11.1 Å². The molecule has 0 spiro atoms. The van der Waals surface area contributed by atoms with Crippen LogP contribution < -0.4 is 14.8 Å². The normalized spacial score (nSPS) is 16.0. The molecule has 0 radical (unpaired) electrons. The van der Waals surface area contributed by atoms with Gasteiger partial charge in [-0.1, -0.05) is 18.2 Å². The molecule has 1 aliphatic heterocycles. The second kappa shape index (κ2) is 10.1. The number of halogens is 3. The Labute approximate surface area is 203 Å². The first-order chi connectivity index (χ1) is 17.1. The van der Waals surface area contributed by atoms with E-state index in [1.54, 1.807) is 19.1 Å². The van der Waals surface area contributed by atoms with E-state index >= 15 is 0 Å². The van der Waals surface area contributed by atoms with Crippen LogP contribution in [0.4, 0.5) is 18.0 Å². The van der Waals surface area contributed by atoms with Crippen LogP contribution in [0.15, 0.2) is 59.0 Å². The molecule has 4 rings (SSSR count). The first kappa shape index (κ1) is 24.8.